The molecule has 0 heterocycles. The Kier molecular flexibility index (Phi) is 2.50. The summed E-state index contributed by atoms with van der Waals surface area (Å²) in [5.41, 5.74) is 5.88. The van der Waals surface area contributed by atoms with E-state index in [0.717, 1.165) is 0 Å². The van der Waals surface area contributed by atoms with Gasteiger partial charge >= 0.3 is 0 Å². The molecule has 0 aliphatic heterocycles. The van der Waals surface area contributed by atoms with Crippen LogP contribution in [0.5, 0.6) is 0 Å². The summed E-state index contributed by atoms with van der Waals surface area (Å²) >= 11 is 0. The van der Waals surface area contributed by atoms with Crippen LogP contribution in [0.15, 0.2) is 0 Å². The van der Waals surface area contributed by atoms with Gasteiger partial charge in [-0.15, -0.1) is 0 Å². The fourth-order valence-electron chi connectivity index (χ4n) is 0. The standard InChI is InChI=1S/C3H11NSi/c1-3(4)5-2/h3H,4-5H2,1-2H3. The maximum absolute atomic E-state index is 5.35. The first-order valence-corrected chi connectivity index (χ1v) is 4.26. The molecule has 0 radical (unpaired) electrons. The number of hydrogen-bond acceptors (Lipinski definition) is 1. The van der Waals surface area contributed by atoms with E-state index in [1.165, 1.54) is 0 Å². The molecule has 0 fully saturated rings. The van der Waals surface area contributed by atoms with Gasteiger partial charge in [-0.3, -0.25) is 0 Å². The van der Waals surface area contributed by atoms with Crippen LogP contribution in [-0.2, 0) is 0 Å². The molecule has 0 aromatic carbocycles. The average Bonchev–Trinajstić information content (AvgIpc) is 1.38. The lowest BCUT2D eigenvalue weighted by atomic mass is 10.8. The van der Waals surface area contributed by atoms with Gasteiger partial charge in [0.25, 0.3) is 0 Å². The first-order chi connectivity index (χ1) is 2.27. The Morgan fingerprint density at radius 3 is 2.00 bits per heavy atom. The lowest BCUT2D eigenvalue weighted by molar-refractivity contribution is 1.02. The highest BCUT2D eigenvalue weighted by molar-refractivity contribution is 6.35. The summed E-state index contributed by atoms with van der Waals surface area (Å²) in [7, 11) is 0.127. The van der Waals surface area contributed by atoms with Crippen molar-refractivity contribution in [2.45, 2.75) is 19.1 Å². The summed E-state index contributed by atoms with van der Waals surface area (Å²) in [6.07, 6.45) is 0. The Morgan fingerprint density at radius 1 is 1.80 bits per heavy atom. The zero-order valence-corrected chi connectivity index (χ0v) is 5.28. The van der Waals surface area contributed by atoms with Gasteiger partial charge in [-0.1, -0.05) is 13.5 Å². The molecule has 0 amide bonds. The first kappa shape index (κ1) is 5.18. The van der Waals surface area contributed by atoms with Gasteiger partial charge in [0.15, 0.2) is 0 Å². The van der Waals surface area contributed by atoms with Gasteiger partial charge in [0.2, 0.25) is 0 Å². The minimum absolute atomic E-state index is 0.127. The van der Waals surface area contributed by atoms with Crippen LogP contribution in [0.1, 0.15) is 6.92 Å². The van der Waals surface area contributed by atoms with Gasteiger partial charge in [-0.25, -0.2) is 0 Å². The van der Waals surface area contributed by atoms with Crippen LogP contribution in [0.4, 0.5) is 0 Å². The molecule has 0 spiro atoms. The van der Waals surface area contributed by atoms with Crippen molar-refractivity contribution in [3.63, 3.8) is 0 Å². The molecule has 0 rings (SSSR count). The average molecular weight is 89.2 g/mol. The van der Waals surface area contributed by atoms with E-state index < -0.39 is 0 Å². The lowest BCUT2D eigenvalue weighted by Crippen LogP contribution is -2.20. The Morgan fingerprint density at radius 2 is 2.00 bits per heavy atom. The second-order valence-corrected chi connectivity index (χ2v) is 3.49. The van der Waals surface area contributed by atoms with Crippen molar-refractivity contribution in [3.05, 3.63) is 0 Å². The summed E-state index contributed by atoms with van der Waals surface area (Å²) in [6, 6.07) is 0. The minimum Gasteiger partial charge on any atom is -0.331 e. The maximum Gasteiger partial charge on any atom is 0.0367 e. The highest BCUT2D eigenvalue weighted by atomic mass is 28.2. The third-order valence-corrected chi connectivity index (χ3v) is 1.93. The van der Waals surface area contributed by atoms with Crippen LogP contribution < -0.4 is 5.73 Å². The van der Waals surface area contributed by atoms with Crippen LogP contribution in [0.3, 0.4) is 0 Å². The molecule has 2 heteroatoms. The molecule has 32 valence electrons. The molecule has 0 saturated heterocycles. The Hall–Kier alpha value is 0.177. The fourth-order valence-corrected chi connectivity index (χ4v) is 0. The maximum atomic E-state index is 5.35. The normalized spacial score (nSPS) is 17.4. The second-order valence-electron chi connectivity index (χ2n) is 1.39. The quantitative estimate of drug-likeness (QED) is 0.431. The van der Waals surface area contributed by atoms with Crippen LogP contribution in [-0.4, -0.2) is 15.2 Å². The van der Waals surface area contributed by atoms with E-state index in [1.807, 2.05) is 0 Å². The Labute approximate surface area is 35.4 Å². The lowest BCUT2D eigenvalue weighted by Gasteiger charge is -1.90. The van der Waals surface area contributed by atoms with Gasteiger partial charge in [0, 0.05) is 9.52 Å². The second kappa shape index (κ2) is 2.42. The van der Waals surface area contributed by atoms with Crippen molar-refractivity contribution in [2.75, 3.05) is 0 Å². The fraction of sp³-hybridized carbons (Fsp3) is 1.00. The zero-order valence-electron chi connectivity index (χ0n) is 3.86. The summed E-state index contributed by atoms with van der Waals surface area (Å²) < 4.78 is 0. The third-order valence-electron chi connectivity index (χ3n) is 0.644. The molecule has 0 aliphatic rings. The molecule has 5 heavy (non-hydrogen) atoms. The highest BCUT2D eigenvalue weighted by Crippen LogP contribution is 1.62. The van der Waals surface area contributed by atoms with Crippen LogP contribution in [0.25, 0.3) is 0 Å². The first-order valence-electron chi connectivity index (χ1n) is 2.03. The molecule has 0 aromatic rings. The molecule has 0 aliphatic carbocycles. The monoisotopic (exact) mass is 89.1 g/mol. The van der Waals surface area contributed by atoms with Crippen molar-refractivity contribution in [2.24, 2.45) is 5.73 Å². The summed E-state index contributed by atoms with van der Waals surface area (Å²) in [5.74, 6) is 0. The summed E-state index contributed by atoms with van der Waals surface area (Å²) in [6.45, 7) is 4.27. The largest absolute Gasteiger partial charge is 0.331 e. The van der Waals surface area contributed by atoms with E-state index in [9.17, 15) is 0 Å². The number of rotatable bonds is 1. The van der Waals surface area contributed by atoms with E-state index in [1.54, 1.807) is 0 Å². The van der Waals surface area contributed by atoms with E-state index in [-0.39, 0.29) is 9.52 Å². The summed E-state index contributed by atoms with van der Waals surface area (Å²) in [5, 5.41) is 0. The molecule has 1 atom stereocenters. The van der Waals surface area contributed by atoms with Crippen LogP contribution in [0, 0.1) is 0 Å². The Bertz CT molecular complexity index is 20.9. The number of nitrogens with two attached hydrogens (primary N) is 1. The molecule has 0 aromatic heterocycles. The van der Waals surface area contributed by atoms with Gasteiger partial charge in [0.1, 0.15) is 0 Å². The molecule has 1 nitrogen and oxygen atoms in total. The van der Waals surface area contributed by atoms with Crippen LogP contribution in [0.2, 0.25) is 6.55 Å². The van der Waals surface area contributed by atoms with E-state index in [2.05, 4.69) is 13.5 Å². The van der Waals surface area contributed by atoms with Gasteiger partial charge < -0.3 is 5.73 Å². The molecular weight excluding hydrogens is 78.1 g/mol. The molecule has 1 unspecified atom stereocenters. The van der Waals surface area contributed by atoms with Gasteiger partial charge in [0.05, 0.1) is 0 Å². The predicted molar refractivity (Wildman–Crippen MR) is 28.1 cm³/mol. The highest BCUT2D eigenvalue weighted by Gasteiger charge is 1.81. The zero-order chi connectivity index (χ0) is 4.28. The van der Waals surface area contributed by atoms with Crippen molar-refractivity contribution < 1.29 is 0 Å². The minimum atomic E-state index is 0.127. The van der Waals surface area contributed by atoms with Gasteiger partial charge in [-0.05, 0) is 5.67 Å². The molecule has 0 bridgehead atoms. The number of hydrogen-bond donors (Lipinski definition) is 1. The van der Waals surface area contributed by atoms with E-state index in [0.29, 0.717) is 5.67 Å². The molecular formula is C3H11NSi. The Balaban J connectivity index is 2.54. The van der Waals surface area contributed by atoms with Gasteiger partial charge in [-0.2, -0.15) is 0 Å². The smallest absolute Gasteiger partial charge is 0.0367 e. The predicted octanol–water partition coefficient (Wildman–Crippen LogP) is -0.492. The van der Waals surface area contributed by atoms with Crippen molar-refractivity contribution >= 4 is 9.52 Å². The topological polar surface area (TPSA) is 26.0 Å². The van der Waals surface area contributed by atoms with Crippen molar-refractivity contribution in [3.8, 4) is 0 Å². The molecule has 0 saturated carbocycles. The summed E-state index contributed by atoms with van der Waals surface area (Å²) in [4.78, 5) is 0. The molecule has 2 N–H and O–H groups in total. The SMILES string of the molecule is C[SiH2]C(C)N. The van der Waals surface area contributed by atoms with Crippen molar-refractivity contribution in [1.29, 1.82) is 0 Å². The van der Waals surface area contributed by atoms with Crippen molar-refractivity contribution in [1.82, 2.24) is 0 Å². The van der Waals surface area contributed by atoms with Crippen LogP contribution >= 0.6 is 0 Å². The van der Waals surface area contributed by atoms with E-state index in [4.69, 9.17) is 5.73 Å². The van der Waals surface area contributed by atoms with E-state index >= 15 is 0 Å². The third kappa shape index (κ3) is 4.18.